The average molecular weight is 280 g/mol. The molecule has 0 fully saturated rings. The lowest BCUT2D eigenvalue weighted by molar-refractivity contribution is -0.112. The summed E-state index contributed by atoms with van der Waals surface area (Å²) in [5.41, 5.74) is 4.36. The maximum Gasteiger partial charge on any atom is 0.130 e. The highest BCUT2D eigenvalue weighted by atomic mass is 16.1. The van der Waals surface area contributed by atoms with Gasteiger partial charge in [0.2, 0.25) is 0 Å². The second-order valence-corrected chi connectivity index (χ2v) is 6.42. The van der Waals surface area contributed by atoms with E-state index in [2.05, 4.69) is 57.2 Å². The standard InChI is InChI=1S/C20H24O/c1-15(2)18-11-9-17(10-12-18)13-20(4,14-21)19-8-6-5-7-16(19)3/h5-12,14-15H,13H2,1-4H3. The number of carbonyl (C=O) groups is 1. The zero-order chi connectivity index (χ0) is 15.5. The molecule has 0 aliphatic rings. The van der Waals surface area contributed by atoms with Gasteiger partial charge in [0.25, 0.3) is 0 Å². The molecule has 21 heavy (non-hydrogen) atoms. The molecule has 0 bridgehead atoms. The molecule has 0 amide bonds. The van der Waals surface area contributed by atoms with Gasteiger partial charge in [-0.2, -0.15) is 0 Å². The number of carbonyl (C=O) groups excluding carboxylic acids is 1. The third-order valence-corrected chi connectivity index (χ3v) is 4.24. The predicted molar refractivity (Wildman–Crippen MR) is 88.8 cm³/mol. The Labute approximate surface area is 128 Å². The minimum atomic E-state index is -0.468. The Kier molecular flexibility index (Phi) is 4.62. The molecule has 1 atom stereocenters. The van der Waals surface area contributed by atoms with Crippen molar-refractivity contribution in [3.8, 4) is 0 Å². The van der Waals surface area contributed by atoms with E-state index in [1.807, 2.05) is 19.1 Å². The van der Waals surface area contributed by atoms with Crippen LogP contribution in [0.5, 0.6) is 0 Å². The second kappa shape index (κ2) is 6.26. The number of benzene rings is 2. The van der Waals surface area contributed by atoms with Crippen LogP contribution < -0.4 is 0 Å². The number of hydrogen-bond acceptors (Lipinski definition) is 1. The van der Waals surface area contributed by atoms with Gasteiger partial charge < -0.3 is 4.79 Å². The van der Waals surface area contributed by atoms with Crippen LogP contribution in [-0.2, 0) is 16.6 Å². The predicted octanol–water partition coefficient (Wildman–Crippen LogP) is 4.82. The lowest BCUT2D eigenvalue weighted by Gasteiger charge is -2.26. The lowest BCUT2D eigenvalue weighted by atomic mass is 9.76. The van der Waals surface area contributed by atoms with Crippen LogP contribution in [0, 0.1) is 6.92 Å². The summed E-state index contributed by atoms with van der Waals surface area (Å²) in [4.78, 5) is 11.8. The van der Waals surface area contributed by atoms with Crippen LogP contribution in [0.4, 0.5) is 0 Å². The molecule has 0 saturated carbocycles. The Hall–Kier alpha value is -1.89. The first-order valence-corrected chi connectivity index (χ1v) is 7.57. The van der Waals surface area contributed by atoms with Crippen molar-refractivity contribution in [1.82, 2.24) is 0 Å². The van der Waals surface area contributed by atoms with Crippen LogP contribution in [0.2, 0.25) is 0 Å². The van der Waals surface area contributed by atoms with Gasteiger partial charge in [-0.1, -0.05) is 62.4 Å². The highest BCUT2D eigenvalue weighted by molar-refractivity contribution is 5.69. The quantitative estimate of drug-likeness (QED) is 0.718. The molecule has 1 unspecified atom stereocenters. The molecule has 110 valence electrons. The largest absolute Gasteiger partial charge is 0.302 e. The van der Waals surface area contributed by atoms with Gasteiger partial charge in [-0.3, -0.25) is 0 Å². The molecule has 0 saturated heterocycles. The van der Waals surface area contributed by atoms with E-state index in [0.717, 1.165) is 18.3 Å². The Bertz CT molecular complexity index is 610. The first-order valence-electron chi connectivity index (χ1n) is 7.57. The van der Waals surface area contributed by atoms with Crippen LogP contribution in [0.25, 0.3) is 0 Å². The first-order chi connectivity index (χ1) is 9.96. The van der Waals surface area contributed by atoms with E-state index in [0.29, 0.717) is 5.92 Å². The molecule has 1 heteroatoms. The lowest BCUT2D eigenvalue weighted by Crippen LogP contribution is -2.27. The fourth-order valence-corrected chi connectivity index (χ4v) is 2.86. The highest BCUT2D eigenvalue weighted by Crippen LogP contribution is 2.29. The Balaban J connectivity index is 2.30. The SMILES string of the molecule is Cc1ccccc1C(C)(C=O)Cc1ccc(C(C)C)cc1. The summed E-state index contributed by atoms with van der Waals surface area (Å²) in [6.07, 6.45) is 1.82. The molecule has 0 spiro atoms. The second-order valence-electron chi connectivity index (χ2n) is 6.42. The van der Waals surface area contributed by atoms with E-state index in [1.54, 1.807) is 0 Å². The Morgan fingerprint density at radius 2 is 1.67 bits per heavy atom. The molecule has 2 aromatic carbocycles. The zero-order valence-electron chi connectivity index (χ0n) is 13.4. The maximum atomic E-state index is 11.8. The van der Waals surface area contributed by atoms with Crippen LogP contribution in [-0.4, -0.2) is 6.29 Å². The average Bonchev–Trinajstić information content (AvgIpc) is 2.48. The van der Waals surface area contributed by atoms with Gasteiger partial charge in [-0.25, -0.2) is 0 Å². The number of aldehydes is 1. The van der Waals surface area contributed by atoms with Crippen molar-refractivity contribution in [1.29, 1.82) is 0 Å². The monoisotopic (exact) mass is 280 g/mol. The summed E-state index contributed by atoms with van der Waals surface area (Å²) < 4.78 is 0. The molecule has 0 N–H and O–H groups in total. The van der Waals surface area contributed by atoms with Crippen LogP contribution in [0.15, 0.2) is 48.5 Å². The van der Waals surface area contributed by atoms with E-state index in [4.69, 9.17) is 0 Å². The molecular formula is C20H24O. The molecule has 1 nitrogen and oxygen atoms in total. The molecule has 2 rings (SSSR count). The van der Waals surface area contributed by atoms with Gasteiger partial charge in [0, 0.05) is 0 Å². The first kappa shape index (κ1) is 15.5. The van der Waals surface area contributed by atoms with Gasteiger partial charge in [0.05, 0.1) is 5.41 Å². The topological polar surface area (TPSA) is 17.1 Å². The summed E-state index contributed by atoms with van der Waals surface area (Å²) in [7, 11) is 0. The van der Waals surface area contributed by atoms with Crippen LogP contribution in [0.3, 0.4) is 0 Å². The number of aryl methyl sites for hydroxylation is 1. The van der Waals surface area contributed by atoms with Crippen molar-refractivity contribution in [3.63, 3.8) is 0 Å². The van der Waals surface area contributed by atoms with Crippen molar-refractivity contribution in [2.45, 2.75) is 45.4 Å². The zero-order valence-corrected chi connectivity index (χ0v) is 13.4. The molecular weight excluding hydrogens is 256 g/mol. The van der Waals surface area contributed by atoms with E-state index in [9.17, 15) is 4.79 Å². The molecule has 0 aromatic heterocycles. The van der Waals surface area contributed by atoms with E-state index >= 15 is 0 Å². The minimum Gasteiger partial charge on any atom is -0.302 e. The normalized spacial score (nSPS) is 14.0. The summed E-state index contributed by atoms with van der Waals surface area (Å²) in [5.74, 6) is 0.535. The summed E-state index contributed by atoms with van der Waals surface area (Å²) in [6.45, 7) is 8.48. The molecule has 0 aliphatic carbocycles. The van der Waals surface area contributed by atoms with E-state index in [-0.39, 0.29) is 0 Å². The summed E-state index contributed by atoms with van der Waals surface area (Å²) >= 11 is 0. The van der Waals surface area contributed by atoms with E-state index in [1.165, 1.54) is 16.7 Å². The van der Waals surface area contributed by atoms with Gasteiger partial charge in [0.15, 0.2) is 0 Å². The molecule has 0 radical (unpaired) electrons. The number of hydrogen-bond donors (Lipinski definition) is 0. The third-order valence-electron chi connectivity index (χ3n) is 4.24. The van der Waals surface area contributed by atoms with Crippen molar-refractivity contribution in [3.05, 3.63) is 70.8 Å². The van der Waals surface area contributed by atoms with Gasteiger partial charge in [-0.05, 0) is 48.4 Å². The van der Waals surface area contributed by atoms with Gasteiger partial charge in [0.1, 0.15) is 6.29 Å². The van der Waals surface area contributed by atoms with Crippen molar-refractivity contribution >= 4 is 6.29 Å². The number of rotatable bonds is 5. The highest BCUT2D eigenvalue weighted by Gasteiger charge is 2.27. The molecule has 2 aromatic rings. The maximum absolute atomic E-state index is 11.8. The van der Waals surface area contributed by atoms with Crippen molar-refractivity contribution in [2.24, 2.45) is 0 Å². The summed E-state index contributed by atoms with van der Waals surface area (Å²) in [6, 6.07) is 16.8. The van der Waals surface area contributed by atoms with E-state index < -0.39 is 5.41 Å². The fourth-order valence-electron chi connectivity index (χ4n) is 2.86. The summed E-state index contributed by atoms with van der Waals surface area (Å²) in [5, 5.41) is 0. The minimum absolute atomic E-state index is 0.468. The third kappa shape index (κ3) is 3.41. The van der Waals surface area contributed by atoms with Crippen molar-refractivity contribution in [2.75, 3.05) is 0 Å². The van der Waals surface area contributed by atoms with Crippen molar-refractivity contribution < 1.29 is 4.79 Å². The van der Waals surface area contributed by atoms with Gasteiger partial charge >= 0.3 is 0 Å². The van der Waals surface area contributed by atoms with Crippen LogP contribution in [0.1, 0.15) is 48.9 Å². The van der Waals surface area contributed by atoms with Gasteiger partial charge in [-0.15, -0.1) is 0 Å². The van der Waals surface area contributed by atoms with Crippen LogP contribution >= 0.6 is 0 Å². The molecule has 0 aliphatic heterocycles. The Morgan fingerprint density at radius 1 is 1.05 bits per heavy atom. The smallest absolute Gasteiger partial charge is 0.130 e. The fraction of sp³-hybridized carbons (Fsp3) is 0.350. The Morgan fingerprint density at radius 3 is 2.19 bits per heavy atom. The molecule has 0 heterocycles.